The van der Waals surface area contributed by atoms with Crippen LogP contribution in [0.1, 0.15) is 20.8 Å². The normalized spacial score (nSPS) is 12.3. The van der Waals surface area contributed by atoms with Crippen LogP contribution in [-0.4, -0.2) is 14.0 Å². The average molecular weight is 304 g/mol. The lowest BCUT2D eigenvalue weighted by Crippen LogP contribution is -2.48. The second kappa shape index (κ2) is 5.97. The third kappa shape index (κ3) is 4.39. The van der Waals surface area contributed by atoms with Gasteiger partial charge in [0.2, 0.25) is 0 Å². The van der Waals surface area contributed by atoms with Crippen molar-refractivity contribution in [2.45, 2.75) is 31.2 Å². The summed E-state index contributed by atoms with van der Waals surface area (Å²) in [6.45, 7) is 5.65. The largest absolute Gasteiger partial charge is 0.253 e. The summed E-state index contributed by atoms with van der Waals surface area (Å²) < 4.78 is 24.3. The predicted octanol–water partition coefficient (Wildman–Crippen LogP) is 2.94. The van der Waals surface area contributed by atoms with E-state index in [1.165, 1.54) is 0 Å². The zero-order valence-corrected chi connectivity index (χ0v) is 13.2. The summed E-state index contributed by atoms with van der Waals surface area (Å²) in [5.74, 6) is 0. The van der Waals surface area contributed by atoms with E-state index in [4.69, 9.17) is 0 Å². The molecule has 2 N–H and O–H groups in total. The molecule has 112 valence electrons. The van der Waals surface area contributed by atoms with Crippen LogP contribution in [0, 0.1) is 0 Å². The van der Waals surface area contributed by atoms with E-state index in [1.807, 2.05) is 51.1 Å². The minimum absolute atomic E-state index is 0.235. The number of benzene rings is 2. The molecule has 4 nitrogen and oxygen atoms in total. The van der Waals surface area contributed by atoms with Crippen molar-refractivity contribution in [2.24, 2.45) is 0 Å². The number of hydrazine groups is 1. The first-order valence-corrected chi connectivity index (χ1v) is 8.21. The molecule has 0 aromatic heterocycles. The van der Waals surface area contributed by atoms with Gasteiger partial charge in [0.1, 0.15) is 0 Å². The van der Waals surface area contributed by atoms with Crippen LogP contribution in [0.3, 0.4) is 0 Å². The van der Waals surface area contributed by atoms with E-state index in [-0.39, 0.29) is 10.4 Å². The highest BCUT2D eigenvalue weighted by Crippen LogP contribution is 2.20. The number of rotatable bonds is 4. The van der Waals surface area contributed by atoms with Crippen molar-refractivity contribution in [3.63, 3.8) is 0 Å². The van der Waals surface area contributed by atoms with Crippen molar-refractivity contribution in [1.29, 1.82) is 0 Å². The van der Waals surface area contributed by atoms with Gasteiger partial charge >= 0.3 is 0 Å². The van der Waals surface area contributed by atoms with Gasteiger partial charge in [0.25, 0.3) is 10.0 Å². The molecule has 0 bridgehead atoms. The Kier molecular flexibility index (Phi) is 4.46. The van der Waals surface area contributed by atoms with Crippen LogP contribution in [0.2, 0.25) is 0 Å². The summed E-state index contributed by atoms with van der Waals surface area (Å²) in [5.41, 5.74) is 4.47. The van der Waals surface area contributed by atoms with Gasteiger partial charge < -0.3 is 0 Å². The molecule has 2 rings (SSSR count). The SMILES string of the molecule is CC(C)(C)NNS(=O)(=O)c1ccc(-c2ccccc2)cc1. The zero-order valence-electron chi connectivity index (χ0n) is 12.4. The molecule has 0 amide bonds. The summed E-state index contributed by atoms with van der Waals surface area (Å²) in [6, 6.07) is 16.7. The molecule has 2 aromatic carbocycles. The molecule has 0 heterocycles. The monoisotopic (exact) mass is 304 g/mol. The van der Waals surface area contributed by atoms with Crippen molar-refractivity contribution in [2.75, 3.05) is 0 Å². The van der Waals surface area contributed by atoms with E-state index in [2.05, 4.69) is 10.3 Å². The topological polar surface area (TPSA) is 58.2 Å². The van der Waals surface area contributed by atoms with E-state index in [0.717, 1.165) is 11.1 Å². The molecule has 0 saturated carbocycles. The van der Waals surface area contributed by atoms with Gasteiger partial charge in [-0.3, -0.25) is 0 Å². The molecular weight excluding hydrogens is 284 g/mol. The second-order valence-electron chi connectivity index (χ2n) is 5.87. The smallest absolute Gasteiger partial charge is 0.239 e. The van der Waals surface area contributed by atoms with Gasteiger partial charge in [-0.1, -0.05) is 42.5 Å². The quantitative estimate of drug-likeness (QED) is 0.854. The molecule has 0 radical (unpaired) electrons. The van der Waals surface area contributed by atoms with E-state index in [9.17, 15) is 8.42 Å². The highest BCUT2D eigenvalue weighted by molar-refractivity contribution is 7.89. The van der Waals surface area contributed by atoms with Crippen LogP contribution in [0.5, 0.6) is 0 Å². The van der Waals surface area contributed by atoms with Gasteiger partial charge in [-0.15, -0.1) is 4.83 Å². The van der Waals surface area contributed by atoms with Gasteiger partial charge in [0.05, 0.1) is 4.90 Å². The van der Waals surface area contributed by atoms with Gasteiger partial charge in [-0.25, -0.2) is 13.8 Å². The standard InChI is InChI=1S/C16H20N2O2S/c1-16(2,3)17-18-21(19,20)15-11-9-14(10-12-15)13-7-5-4-6-8-13/h4-12,17-18H,1-3H3. The summed E-state index contributed by atoms with van der Waals surface area (Å²) in [7, 11) is -3.55. The third-order valence-electron chi connectivity index (χ3n) is 2.83. The van der Waals surface area contributed by atoms with Gasteiger partial charge in [0, 0.05) is 5.54 Å². The summed E-state index contributed by atoms with van der Waals surface area (Å²) in [6.07, 6.45) is 0. The fourth-order valence-electron chi connectivity index (χ4n) is 1.74. The minimum atomic E-state index is -3.55. The number of nitrogens with one attached hydrogen (secondary N) is 2. The molecule has 2 aromatic rings. The maximum absolute atomic E-state index is 12.2. The molecule has 0 unspecified atom stereocenters. The Hall–Kier alpha value is -1.69. The molecule has 0 aliphatic heterocycles. The fraction of sp³-hybridized carbons (Fsp3) is 0.250. The molecule has 21 heavy (non-hydrogen) atoms. The fourth-order valence-corrected chi connectivity index (χ4v) is 2.79. The van der Waals surface area contributed by atoms with Crippen molar-refractivity contribution in [3.05, 3.63) is 54.6 Å². The Morgan fingerprint density at radius 1 is 0.810 bits per heavy atom. The van der Waals surface area contributed by atoms with Crippen molar-refractivity contribution >= 4 is 10.0 Å². The Balaban J connectivity index is 2.19. The third-order valence-corrected chi connectivity index (χ3v) is 4.10. The molecule has 0 aliphatic rings. The van der Waals surface area contributed by atoms with Crippen LogP contribution >= 0.6 is 0 Å². The Labute approximate surface area is 126 Å². The molecule has 5 heteroatoms. The molecule has 0 fully saturated rings. The van der Waals surface area contributed by atoms with Crippen LogP contribution in [0.25, 0.3) is 11.1 Å². The van der Waals surface area contributed by atoms with Crippen LogP contribution in [0.4, 0.5) is 0 Å². The molecular formula is C16H20N2O2S. The van der Waals surface area contributed by atoms with Crippen LogP contribution < -0.4 is 10.3 Å². The van der Waals surface area contributed by atoms with Crippen LogP contribution in [0.15, 0.2) is 59.5 Å². The van der Waals surface area contributed by atoms with Crippen LogP contribution in [-0.2, 0) is 10.0 Å². The highest BCUT2D eigenvalue weighted by Gasteiger charge is 2.17. The second-order valence-corrected chi connectivity index (χ2v) is 7.55. The first kappa shape index (κ1) is 15.7. The average Bonchev–Trinajstić information content (AvgIpc) is 2.46. The van der Waals surface area contributed by atoms with Gasteiger partial charge in [-0.2, -0.15) is 0 Å². The lowest BCUT2D eigenvalue weighted by molar-refractivity contribution is 0.402. The summed E-state index contributed by atoms with van der Waals surface area (Å²) in [5, 5.41) is 0. The highest BCUT2D eigenvalue weighted by atomic mass is 32.2. The maximum Gasteiger partial charge on any atom is 0.253 e. The summed E-state index contributed by atoms with van der Waals surface area (Å²) >= 11 is 0. The predicted molar refractivity (Wildman–Crippen MR) is 85.1 cm³/mol. The van der Waals surface area contributed by atoms with E-state index >= 15 is 0 Å². The maximum atomic E-state index is 12.2. The molecule has 0 aliphatic carbocycles. The summed E-state index contributed by atoms with van der Waals surface area (Å²) in [4.78, 5) is 2.63. The van der Waals surface area contributed by atoms with Gasteiger partial charge in [-0.05, 0) is 44.0 Å². The Bertz CT molecular complexity index is 687. The van der Waals surface area contributed by atoms with Crippen molar-refractivity contribution in [1.82, 2.24) is 10.3 Å². The molecule has 0 spiro atoms. The first-order chi connectivity index (χ1) is 9.78. The van der Waals surface area contributed by atoms with E-state index in [1.54, 1.807) is 24.3 Å². The first-order valence-electron chi connectivity index (χ1n) is 6.72. The minimum Gasteiger partial charge on any atom is -0.239 e. The zero-order chi connectivity index (χ0) is 15.5. The van der Waals surface area contributed by atoms with E-state index < -0.39 is 10.0 Å². The number of hydrogen-bond donors (Lipinski definition) is 2. The van der Waals surface area contributed by atoms with E-state index in [0.29, 0.717) is 0 Å². The number of hydrogen-bond acceptors (Lipinski definition) is 3. The van der Waals surface area contributed by atoms with Crippen molar-refractivity contribution in [3.8, 4) is 11.1 Å². The van der Waals surface area contributed by atoms with Gasteiger partial charge in [0.15, 0.2) is 0 Å². The molecule has 0 atom stereocenters. The lowest BCUT2D eigenvalue weighted by Gasteiger charge is -2.21. The number of sulfonamides is 1. The molecule has 0 saturated heterocycles. The van der Waals surface area contributed by atoms with Crippen molar-refractivity contribution < 1.29 is 8.42 Å². The Morgan fingerprint density at radius 2 is 1.33 bits per heavy atom. The Morgan fingerprint density at radius 3 is 1.86 bits per heavy atom. The lowest BCUT2D eigenvalue weighted by atomic mass is 10.1.